The molecule has 0 aliphatic carbocycles. The van der Waals surface area contributed by atoms with Gasteiger partial charge in [-0.25, -0.2) is 9.97 Å². The van der Waals surface area contributed by atoms with Crippen LogP contribution in [0.3, 0.4) is 0 Å². The van der Waals surface area contributed by atoms with Gasteiger partial charge in [0.05, 0.1) is 29.5 Å². The lowest BCUT2D eigenvalue weighted by Crippen LogP contribution is -2.42. The molecular weight excluding hydrogens is 428 g/mol. The summed E-state index contributed by atoms with van der Waals surface area (Å²) in [6.07, 6.45) is 5.52. The minimum atomic E-state index is -0.605. The summed E-state index contributed by atoms with van der Waals surface area (Å²) < 4.78 is 5.82. The fourth-order valence-electron chi connectivity index (χ4n) is 4.89. The zero-order valence-corrected chi connectivity index (χ0v) is 20.0. The van der Waals surface area contributed by atoms with E-state index in [1.807, 2.05) is 19.9 Å². The van der Waals surface area contributed by atoms with Crippen LogP contribution in [0.15, 0.2) is 42.7 Å². The monoisotopic (exact) mass is 462 g/mol. The molecule has 3 aromatic rings. The van der Waals surface area contributed by atoms with Crippen LogP contribution in [0.2, 0.25) is 0 Å². The van der Waals surface area contributed by atoms with Crippen LogP contribution in [0, 0.1) is 5.92 Å². The number of morpholine rings is 1. The molecule has 0 unspecified atom stereocenters. The Morgan fingerprint density at radius 1 is 1.15 bits per heavy atom. The molecule has 2 fully saturated rings. The van der Waals surface area contributed by atoms with E-state index >= 15 is 0 Å². The minimum Gasteiger partial charge on any atom is -0.390 e. The van der Waals surface area contributed by atoms with Crippen molar-refractivity contribution in [1.29, 1.82) is 0 Å². The molecule has 2 aromatic heterocycles. The van der Waals surface area contributed by atoms with Crippen LogP contribution in [0.25, 0.3) is 22.3 Å². The number of aromatic nitrogens is 3. The third-order valence-corrected chi connectivity index (χ3v) is 6.98. The van der Waals surface area contributed by atoms with Gasteiger partial charge >= 0.3 is 0 Å². The van der Waals surface area contributed by atoms with E-state index in [-0.39, 0.29) is 6.10 Å². The second kappa shape index (κ2) is 9.82. The fourth-order valence-corrected chi connectivity index (χ4v) is 4.89. The summed E-state index contributed by atoms with van der Waals surface area (Å²) >= 11 is 0. The summed E-state index contributed by atoms with van der Waals surface area (Å²) in [5, 5.41) is 17.1. The Hall–Kier alpha value is -2.81. The number of benzene rings is 1. The van der Waals surface area contributed by atoms with Gasteiger partial charge in [0.1, 0.15) is 5.52 Å². The van der Waals surface area contributed by atoms with Crippen molar-refractivity contribution >= 4 is 22.5 Å². The van der Waals surface area contributed by atoms with Crippen molar-refractivity contribution in [2.45, 2.75) is 38.4 Å². The summed E-state index contributed by atoms with van der Waals surface area (Å²) in [7, 11) is 0. The first-order chi connectivity index (χ1) is 16.5. The molecule has 1 aromatic carbocycles. The topological polar surface area (TPSA) is 95.4 Å². The van der Waals surface area contributed by atoms with E-state index in [4.69, 9.17) is 9.72 Å². The maximum Gasteiger partial charge on any atom is 0.154 e. The van der Waals surface area contributed by atoms with Crippen molar-refractivity contribution in [2.75, 3.05) is 49.5 Å². The first-order valence-electron chi connectivity index (χ1n) is 12.2. The highest BCUT2D eigenvalue weighted by Crippen LogP contribution is 2.32. The second-order valence-electron chi connectivity index (χ2n) is 9.82. The highest BCUT2D eigenvalue weighted by atomic mass is 16.5. The predicted octanol–water partition coefficient (Wildman–Crippen LogP) is 3.08. The average molecular weight is 463 g/mol. The first-order valence-corrected chi connectivity index (χ1v) is 12.2. The average Bonchev–Trinajstić information content (AvgIpc) is 2.87. The molecule has 0 spiro atoms. The molecule has 1 atom stereocenters. The van der Waals surface area contributed by atoms with E-state index in [1.165, 1.54) is 5.69 Å². The molecule has 8 heteroatoms. The van der Waals surface area contributed by atoms with Crippen LogP contribution in [0.4, 0.5) is 11.5 Å². The van der Waals surface area contributed by atoms with E-state index in [9.17, 15) is 5.11 Å². The Labute approximate surface area is 200 Å². The summed E-state index contributed by atoms with van der Waals surface area (Å²) in [6, 6.07) is 10.6. The quantitative estimate of drug-likeness (QED) is 0.514. The van der Waals surface area contributed by atoms with Crippen LogP contribution >= 0.6 is 0 Å². The van der Waals surface area contributed by atoms with Crippen molar-refractivity contribution in [3.8, 4) is 11.3 Å². The van der Waals surface area contributed by atoms with E-state index in [1.54, 1.807) is 12.4 Å². The van der Waals surface area contributed by atoms with Crippen molar-refractivity contribution in [3.63, 3.8) is 0 Å². The molecule has 0 bridgehead atoms. The Morgan fingerprint density at radius 2 is 1.91 bits per heavy atom. The van der Waals surface area contributed by atoms with Crippen LogP contribution in [-0.4, -0.2) is 71.1 Å². The van der Waals surface area contributed by atoms with E-state index in [2.05, 4.69) is 49.8 Å². The number of hydrogen-bond acceptors (Lipinski definition) is 8. The van der Waals surface area contributed by atoms with Gasteiger partial charge in [-0.05, 0) is 50.8 Å². The zero-order valence-electron chi connectivity index (χ0n) is 20.0. The van der Waals surface area contributed by atoms with Gasteiger partial charge in [0.25, 0.3) is 0 Å². The smallest absolute Gasteiger partial charge is 0.154 e. The molecule has 2 aliphatic rings. The van der Waals surface area contributed by atoms with Crippen molar-refractivity contribution in [1.82, 2.24) is 20.3 Å². The maximum atomic E-state index is 10.3. The Morgan fingerprint density at radius 3 is 2.62 bits per heavy atom. The SMILES string of the molecule is CC(C)(O)C1CCN(c2ccc(-c3cc4nccnc4c(NC[C@@H]4CNCCO4)n3)cc2)CC1. The summed E-state index contributed by atoms with van der Waals surface area (Å²) in [6.45, 7) is 8.87. The number of ether oxygens (including phenoxy) is 1. The molecule has 34 heavy (non-hydrogen) atoms. The van der Waals surface area contributed by atoms with E-state index in [0.29, 0.717) is 12.5 Å². The van der Waals surface area contributed by atoms with Gasteiger partial charge in [0.15, 0.2) is 5.82 Å². The normalized spacial score (nSPS) is 20.0. The molecule has 5 rings (SSSR count). The number of fused-ring (bicyclic) bond motifs is 1. The number of nitrogens with zero attached hydrogens (tertiary/aromatic N) is 4. The molecule has 180 valence electrons. The van der Waals surface area contributed by atoms with Crippen LogP contribution in [0.1, 0.15) is 26.7 Å². The van der Waals surface area contributed by atoms with Gasteiger partial charge < -0.3 is 25.4 Å². The molecule has 8 nitrogen and oxygen atoms in total. The number of hydrogen-bond donors (Lipinski definition) is 3. The first kappa shape index (κ1) is 23.0. The predicted molar refractivity (Wildman–Crippen MR) is 135 cm³/mol. The van der Waals surface area contributed by atoms with E-state index < -0.39 is 5.60 Å². The number of nitrogens with one attached hydrogen (secondary N) is 2. The molecule has 0 saturated carbocycles. The summed E-state index contributed by atoms with van der Waals surface area (Å²) in [5.41, 5.74) is 4.09. The van der Waals surface area contributed by atoms with Crippen LogP contribution in [-0.2, 0) is 4.74 Å². The lowest BCUT2D eigenvalue weighted by molar-refractivity contribution is 0.00651. The maximum absolute atomic E-state index is 10.3. The van der Waals surface area contributed by atoms with Gasteiger partial charge in [0.2, 0.25) is 0 Å². The number of rotatable bonds is 6. The van der Waals surface area contributed by atoms with E-state index in [0.717, 1.165) is 73.7 Å². The Bertz CT molecular complexity index is 1100. The lowest BCUT2D eigenvalue weighted by atomic mass is 9.83. The molecule has 2 saturated heterocycles. The van der Waals surface area contributed by atoms with Crippen molar-refractivity contribution < 1.29 is 9.84 Å². The highest BCUT2D eigenvalue weighted by Gasteiger charge is 2.30. The third kappa shape index (κ3) is 5.14. The molecule has 0 radical (unpaired) electrons. The van der Waals surface area contributed by atoms with Crippen LogP contribution < -0.4 is 15.5 Å². The standard InChI is InChI=1S/C26H34N6O2/c1-26(2,33)19-7-12-32(13-8-19)20-5-3-18(4-6-20)22-15-23-24(29-10-9-28-23)25(31-22)30-17-21-16-27-11-14-34-21/h3-6,9-10,15,19,21,27,33H,7-8,11-14,16-17H2,1-2H3,(H,30,31)/t21-/m0/s1. The molecule has 0 amide bonds. The third-order valence-electron chi connectivity index (χ3n) is 6.98. The highest BCUT2D eigenvalue weighted by molar-refractivity contribution is 5.88. The summed E-state index contributed by atoms with van der Waals surface area (Å²) in [4.78, 5) is 16.3. The van der Waals surface area contributed by atoms with Gasteiger partial charge in [-0.15, -0.1) is 0 Å². The summed E-state index contributed by atoms with van der Waals surface area (Å²) in [5.74, 6) is 1.08. The Balaban J connectivity index is 1.33. The number of piperidine rings is 1. The van der Waals surface area contributed by atoms with Crippen molar-refractivity contribution in [2.24, 2.45) is 5.92 Å². The number of pyridine rings is 1. The lowest BCUT2D eigenvalue weighted by Gasteiger charge is -2.38. The molecule has 4 heterocycles. The molecule has 3 N–H and O–H groups in total. The minimum absolute atomic E-state index is 0.103. The fraction of sp³-hybridized carbons (Fsp3) is 0.500. The van der Waals surface area contributed by atoms with Gasteiger partial charge in [-0.2, -0.15) is 0 Å². The van der Waals surface area contributed by atoms with Crippen molar-refractivity contribution in [3.05, 3.63) is 42.7 Å². The molecular formula is C26H34N6O2. The van der Waals surface area contributed by atoms with Gasteiger partial charge in [-0.1, -0.05) is 12.1 Å². The largest absolute Gasteiger partial charge is 0.390 e. The number of aliphatic hydroxyl groups is 1. The van der Waals surface area contributed by atoms with Crippen LogP contribution in [0.5, 0.6) is 0 Å². The van der Waals surface area contributed by atoms with Gasteiger partial charge in [-0.3, -0.25) is 4.98 Å². The molecule has 2 aliphatic heterocycles. The second-order valence-corrected chi connectivity index (χ2v) is 9.82. The van der Waals surface area contributed by atoms with Gasteiger partial charge in [0, 0.05) is 56.4 Å². The zero-order chi connectivity index (χ0) is 23.5. The Kier molecular flexibility index (Phi) is 6.63. The number of anilines is 2.